The summed E-state index contributed by atoms with van der Waals surface area (Å²) in [5.41, 5.74) is 1.24. The largest absolute Gasteiger partial charge is 0.274 e. The second-order valence-corrected chi connectivity index (χ2v) is 4.99. The van der Waals surface area contributed by atoms with Gasteiger partial charge in [-0.25, -0.2) is 0 Å². The summed E-state index contributed by atoms with van der Waals surface area (Å²) < 4.78 is 0. The standard InChI is InChI=1S/C17H29NO2/c1-4-7-14-19-18(20-15-8-5-2)17(6-3)16-12-10-9-11-13-16/h9-13,17H,4-8,14-15H2,1-3H3. The predicted octanol–water partition coefficient (Wildman–Crippen LogP) is 4.90. The molecule has 0 aliphatic carbocycles. The first kappa shape index (κ1) is 17.2. The highest BCUT2D eigenvalue weighted by molar-refractivity contribution is 5.18. The molecule has 0 amide bonds. The molecule has 0 aromatic heterocycles. The number of nitrogens with zero attached hydrogens (tertiary/aromatic N) is 1. The first-order valence-corrected chi connectivity index (χ1v) is 7.93. The van der Waals surface area contributed by atoms with Crippen LogP contribution >= 0.6 is 0 Å². The van der Waals surface area contributed by atoms with Gasteiger partial charge in [0.2, 0.25) is 0 Å². The Balaban J connectivity index is 2.66. The van der Waals surface area contributed by atoms with Crippen LogP contribution in [0.2, 0.25) is 0 Å². The summed E-state index contributed by atoms with van der Waals surface area (Å²) >= 11 is 0. The highest BCUT2D eigenvalue weighted by atomic mass is 16.9. The van der Waals surface area contributed by atoms with Gasteiger partial charge in [-0.15, -0.1) is 0 Å². The fourth-order valence-electron chi connectivity index (χ4n) is 2.00. The number of rotatable bonds is 11. The van der Waals surface area contributed by atoms with Gasteiger partial charge in [0.25, 0.3) is 0 Å². The van der Waals surface area contributed by atoms with Crippen molar-refractivity contribution in [1.82, 2.24) is 5.23 Å². The molecular formula is C17H29NO2. The predicted molar refractivity (Wildman–Crippen MR) is 83.0 cm³/mol. The minimum absolute atomic E-state index is 0.157. The van der Waals surface area contributed by atoms with Gasteiger partial charge in [-0.3, -0.25) is 9.68 Å². The number of hydroxylamine groups is 2. The lowest BCUT2D eigenvalue weighted by molar-refractivity contribution is -0.391. The highest BCUT2D eigenvalue weighted by Crippen LogP contribution is 2.25. The summed E-state index contributed by atoms with van der Waals surface area (Å²) in [4.78, 5) is 11.7. The van der Waals surface area contributed by atoms with Crippen molar-refractivity contribution in [2.24, 2.45) is 0 Å². The van der Waals surface area contributed by atoms with Crippen molar-refractivity contribution in [3.63, 3.8) is 0 Å². The van der Waals surface area contributed by atoms with Crippen LogP contribution in [0.5, 0.6) is 0 Å². The van der Waals surface area contributed by atoms with E-state index in [-0.39, 0.29) is 6.04 Å². The summed E-state index contributed by atoms with van der Waals surface area (Å²) in [5.74, 6) is 0. The molecule has 1 rings (SSSR count). The summed E-state index contributed by atoms with van der Waals surface area (Å²) in [6.07, 6.45) is 5.33. The zero-order valence-electron chi connectivity index (χ0n) is 13.2. The van der Waals surface area contributed by atoms with E-state index >= 15 is 0 Å². The van der Waals surface area contributed by atoms with E-state index in [0.717, 1.165) is 32.1 Å². The lowest BCUT2D eigenvalue weighted by Gasteiger charge is -2.29. The van der Waals surface area contributed by atoms with E-state index < -0.39 is 0 Å². The van der Waals surface area contributed by atoms with Crippen molar-refractivity contribution in [2.45, 2.75) is 58.9 Å². The molecule has 0 aliphatic rings. The Labute approximate surface area is 123 Å². The molecule has 0 N–H and O–H groups in total. The van der Waals surface area contributed by atoms with Crippen LogP contribution in [-0.4, -0.2) is 18.4 Å². The lowest BCUT2D eigenvalue weighted by atomic mass is 10.1. The number of hydrogen-bond acceptors (Lipinski definition) is 3. The van der Waals surface area contributed by atoms with Crippen LogP contribution in [0.3, 0.4) is 0 Å². The van der Waals surface area contributed by atoms with E-state index in [2.05, 4.69) is 45.0 Å². The van der Waals surface area contributed by atoms with Gasteiger partial charge in [0, 0.05) is 0 Å². The smallest absolute Gasteiger partial charge is 0.0874 e. The Morgan fingerprint density at radius 1 is 0.900 bits per heavy atom. The number of hydrogen-bond donors (Lipinski definition) is 0. The molecular weight excluding hydrogens is 250 g/mol. The first-order chi connectivity index (χ1) is 9.83. The van der Waals surface area contributed by atoms with Crippen LogP contribution in [-0.2, 0) is 9.68 Å². The van der Waals surface area contributed by atoms with Gasteiger partial charge < -0.3 is 0 Å². The van der Waals surface area contributed by atoms with Crippen LogP contribution in [0.1, 0.15) is 64.5 Å². The van der Waals surface area contributed by atoms with Crippen LogP contribution in [0.25, 0.3) is 0 Å². The molecule has 1 aromatic carbocycles. The van der Waals surface area contributed by atoms with Crippen molar-refractivity contribution in [1.29, 1.82) is 0 Å². The molecule has 1 unspecified atom stereocenters. The van der Waals surface area contributed by atoms with Gasteiger partial charge in [0.1, 0.15) is 0 Å². The second kappa shape index (κ2) is 10.8. The molecule has 0 fully saturated rings. The molecule has 0 spiro atoms. The van der Waals surface area contributed by atoms with E-state index in [9.17, 15) is 0 Å². The minimum Gasteiger partial charge on any atom is -0.274 e. The molecule has 0 saturated carbocycles. The second-order valence-electron chi connectivity index (χ2n) is 4.99. The SMILES string of the molecule is CCCCON(OCCCC)C(CC)c1ccccc1. The quantitative estimate of drug-likeness (QED) is 0.424. The third-order valence-corrected chi connectivity index (χ3v) is 3.26. The average molecular weight is 279 g/mol. The van der Waals surface area contributed by atoms with Crippen molar-refractivity contribution in [3.8, 4) is 0 Å². The third-order valence-electron chi connectivity index (χ3n) is 3.26. The molecule has 0 heterocycles. The zero-order chi connectivity index (χ0) is 14.6. The molecule has 20 heavy (non-hydrogen) atoms. The Hall–Kier alpha value is -0.900. The van der Waals surface area contributed by atoms with Crippen LogP contribution in [0.4, 0.5) is 0 Å². The fraction of sp³-hybridized carbons (Fsp3) is 0.647. The Morgan fingerprint density at radius 3 is 1.90 bits per heavy atom. The van der Waals surface area contributed by atoms with Crippen LogP contribution in [0, 0.1) is 0 Å². The minimum atomic E-state index is 0.157. The van der Waals surface area contributed by atoms with Crippen LogP contribution < -0.4 is 0 Å². The summed E-state index contributed by atoms with van der Waals surface area (Å²) in [6, 6.07) is 10.6. The summed E-state index contributed by atoms with van der Waals surface area (Å²) in [5, 5.41) is 1.72. The van der Waals surface area contributed by atoms with Gasteiger partial charge >= 0.3 is 0 Å². The van der Waals surface area contributed by atoms with Crippen molar-refractivity contribution in [3.05, 3.63) is 35.9 Å². The topological polar surface area (TPSA) is 21.7 Å². The summed E-state index contributed by atoms with van der Waals surface area (Å²) in [7, 11) is 0. The van der Waals surface area contributed by atoms with Crippen molar-refractivity contribution < 1.29 is 9.68 Å². The number of unbranched alkanes of at least 4 members (excludes halogenated alkanes) is 2. The molecule has 0 radical (unpaired) electrons. The molecule has 114 valence electrons. The van der Waals surface area contributed by atoms with E-state index in [1.807, 2.05) is 6.07 Å². The molecule has 1 atom stereocenters. The van der Waals surface area contributed by atoms with E-state index in [4.69, 9.17) is 9.68 Å². The third kappa shape index (κ3) is 6.04. The Morgan fingerprint density at radius 2 is 1.45 bits per heavy atom. The van der Waals surface area contributed by atoms with Gasteiger partial charge in [0.15, 0.2) is 0 Å². The molecule has 0 bridgehead atoms. The molecule has 0 aliphatic heterocycles. The monoisotopic (exact) mass is 279 g/mol. The van der Waals surface area contributed by atoms with Gasteiger partial charge in [-0.05, 0) is 24.8 Å². The molecule has 1 aromatic rings. The fourth-order valence-corrected chi connectivity index (χ4v) is 2.00. The maximum absolute atomic E-state index is 5.85. The average Bonchev–Trinajstić information content (AvgIpc) is 2.49. The van der Waals surface area contributed by atoms with E-state index in [0.29, 0.717) is 13.2 Å². The van der Waals surface area contributed by atoms with E-state index in [1.54, 1.807) is 5.23 Å². The van der Waals surface area contributed by atoms with Gasteiger partial charge in [0.05, 0.1) is 19.3 Å². The van der Waals surface area contributed by atoms with Crippen LogP contribution in [0.15, 0.2) is 30.3 Å². The highest BCUT2D eigenvalue weighted by Gasteiger charge is 2.20. The van der Waals surface area contributed by atoms with Crippen molar-refractivity contribution >= 4 is 0 Å². The Bertz CT molecular complexity index is 319. The first-order valence-electron chi connectivity index (χ1n) is 7.93. The van der Waals surface area contributed by atoms with Gasteiger partial charge in [-0.1, -0.05) is 69.2 Å². The van der Waals surface area contributed by atoms with Gasteiger partial charge in [-0.2, -0.15) is 0 Å². The Kier molecular flexibility index (Phi) is 9.29. The van der Waals surface area contributed by atoms with E-state index in [1.165, 1.54) is 5.56 Å². The zero-order valence-corrected chi connectivity index (χ0v) is 13.2. The maximum Gasteiger partial charge on any atom is 0.0874 e. The number of benzene rings is 1. The molecule has 3 nitrogen and oxygen atoms in total. The molecule has 0 saturated heterocycles. The lowest BCUT2D eigenvalue weighted by Crippen LogP contribution is -2.30. The molecule has 3 heteroatoms. The normalized spacial score (nSPS) is 12.8. The summed E-state index contributed by atoms with van der Waals surface area (Å²) in [6.45, 7) is 7.93. The van der Waals surface area contributed by atoms with Crippen molar-refractivity contribution in [2.75, 3.05) is 13.2 Å². The maximum atomic E-state index is 5.85.